The lowest BCUT2D eigenvalue weighted by Crippen LogP contribution is -2.11. The van der Waals surface area contributed by atoms with Gasteiger partial charge in [-0.3, -0.25) is 10.1 Å². The molecule has 0 spiro atoms. The summed E-state index contributed by atoms with van der Waals surface area (Å²) < 4.78 is 0. The Hall–Kier alpha value is -1.68. The van der Waals surface area contributed by atoms with Crippen LogP contribution in [0.5, 0.6) is 0 Å². The Morgan fingerprint density at radius 2 is 1.94 bits per heavy atom. The van der Waals surface area contributed by atoms with E-state index in [0.29, 0.717) is 16.6 Å². The average Bonchev–Trinajstić information content (AvgIpc) is 2.75. The number of hydrogen-bond donors (Lipinski definition) is 1. The minimum absolute atomic E-state index is 0.111. The smallest absolute Gasteiger partial charge is 0.257 e. The number of thiazole rings is 1. The summed E-state index contributed by atoms with van der Waals surface area (Å²) in [4.78, 5) is 16.2. The standard InChI is InChI=1S/C14H16N2OS/c1-9(2)11-4-6-12(7-5-11)13(17)16-14-15-10(3)8-18-14/h4-9H,1-3H3,(H,15,16,17). The van der Waals surface area contributed by atoms with E-state index >= 15 is 0 Å². The Balaban J connectivity index is 2.09. The summed E-state index contributed by atoms with van der Waals surface area (Å²) in [6.07, 6.45) is 0. The summed E-state index contributed by atoms with van der Waals surface area (Å²) in [6, 6.07) is 7.69. The number of aromatic nitrogens is 1. The molecular weight excluding hydrogens is 244 g/mol. The number of benzene rings is 1. The number of carbonyl (C=O) groups excluding carboxylic acids is 1. The van der Waals surface area contributed by atoms with E-state index in [9.17, 15) is 4.79 Å². The Bertz CT molecular complexity index is 543. The number of nitrogens with one attached hydrogen (secondary N) is 1. The minimum atomic E-state index is -0.111. The van der Waals surface area contributed by atoms with Crippen molar-refractivity contribution in [3.63, 3.8) is 0 Å². The molecule has 0 radical (unpaired) electrons. The number of carbonyl (C=O) groups is 1. The van der Waals surface area contributed by atoms with Gasteiger partial charge in [-0.25, -0.2) is 4.98 Å². The molecule has 0 aliphatic carbocycles. The molecule has 0 saturated carbocycles. The zero-order valence-electron chi connectivity index (χ0n) is 10.7. The SMILES string of the molecule is Cc1csc(NC(=O)c2ccc(C(C)C)cc2)n1. The van der Waals surface area contributed by atoms with Crippen LogP contribution in [0.3, 0.4) is 0 Å². The van der Waals surface area contributed by atoms with Crippen molar-refractivity contribution in [1.82, 2.24) is 4.98 Å². The summed E-state index contributed by atoms with van der Waals surface area (Å²) in [6.45, 7) is 6.17. The highest BCUT2D eigenvalue weighted by molar-refractivity contribution is 7.13. The van der Waals surface area contributed by atoms with Crippen LogP contribution in [0.1, 0.15) is 41.4 Å². The average molecular weight is 260 g/mol. The molecule has 1 aromatic carbocycles. The van der Waals surface area contributed by atoms with E-state index in [1.807, 2.05) is 36.6 Å². The molecule has 2 rings (SSSR count). The largest absolute Gasteiger partial charge is 0.298 e. The number of aryl methyl sites for hydroxylation is 1. The van der Waals surface area contributed by atoms with E-state index < -0.39 is 0 Å². The third kappa shape index (κ3) is 2.96. The molecule has 1 amide bonds. The second-order valence-electron chi connectivity index (χ2n) is 4.52. The Labute approximate surface area is 111 Å². The molecule has 0 atom stereocenters. The highest BCUT2D eigenvalue weighted by Crippen LogP contribution is 2.17. The molecule has 1 aromatic heterocycles. The van der Waals surface area contributed by atoms with Crippen molar-refractivity contribution in [1.29, 1.82) is 0 Å². The lowest BCUT2D eigenvalue weighted by atomic mass is 10.0. The quantitative estimate of drug-likeness (QED) is 0.911. The summed E-state index contributed by atoms with van der Waals surface area (Å²) in [5.41, 5.74) is 2.81. The zero-order valence-corrected chi connectivity index (χ0v) is 11.5. The van der Waals surface area contributed by atoms with Gasteiger partial charge in [0.15, 0.2) is 5.13 Å². The zero-order chi connectivity index (χ0) is 13.1. The van der Waals surface area contributed by atoms with Gasteiger partial charge >= 0.3 is 0 Å². The van der Waals surface area contributed by atoms with Crippen molar-refractivity contribution in [3.8, 4) is 0 Å². The first-order valence-corrected chi connectivity index (χ1v) is 6.77. The predicted molar refractivity (Wildman–Crippen MR) is 75.3 cm³/mol. The Morgan fingerprint density at radius 1 is 1.28 bits per heavy atom. The van der Waals surface area contributed by atoms with Crippen LogP contribution in [0.25, 0.3) is 0 Å². The van der Waals surface area contributed by atoms with Gasteiger partial charge in [-0.2, -0.15) is 0 Å². The van der Waals surface area contributed by atoms with Gasteiger partial charge in [0.2, 0.25) is 0 Å². The molecule has 1 heterocycles. The number of hydrogen-bond acceptors (Lipinski definition) is 3. The molecule has 4 heteroatoms. The molecule has 0 fully saturated rings. The van der Waals surface area contributed by atoms with Crippen LogP contribution in [0.15, 0.2) is 29.6 Å². The van der Waals surface area contributed by atoms with Crippen LogP contribution >= 0.6 is 11.3 Å². The van der Waals surface area contributed by atoms with E-state index in [4.69, 9.17) is 0 Å². The summed E-state index contributed by atoms with van der Waals surface area (Å²) in [5, 5.41) is 5.35. The summed E-state index contributed by atoms with van der Waals surface area (Å²) in [7, 11) is 0. The lowest BCUT2D eigenvalue weighted by molar-refractivity contribution is 0.102. The monoisotopic (exact) mass is 260 g/mol. The van der Waals surface area contributed by atoms with Crippen LogP contribution in [0.4, 0.5) is 5.13 Å². The topological polar surface area (TPSA) is 42.0 Å². The van der Waals surface area contributed by atoms with E-state index in [2.05, 4.69) is 24.1 Å². The molecule has 3 nitrogen and oxygen atoms in total. The summed E-state index contributed by atoms with van der Waals surface area (Å²) >= 11 is 1.44. The fourth-order valence-corrected chi connectivity index (χ4v) is 2.28. The molecular formula is C14H16N2OS. The predicted octanol–water partition coefficient (Wildman–Crippen LogP) is 3.83. The molecule has 0 unspecified atom stereocenters. The maximum absolute atomic E-state index is 12.0. The van der Waals surface area contributed by atoms with Crippen LogP contribution in [0.2, 0.25) is 0 Å². The maximum Gasteiger partial charge on any atom is 0.257 e. The molecule has 18 heavy (non-hydrogen) atoms. The van der Waals surface area contributed by atoms with Gasteiger partial charge in [-0.15, -0.1) is 11.3 Å². The first-order valence-electron chi connectivity index (χ1n) is 5.89. The first-order chi connectivity index (χ1) is 8.56. The van der Waals surface area contributed by atoms with Crippen molar-refractivity contribution in [2.45, 2.75) is 26.7 Å². The third-order valence-corrected chi connectivity index (χ3v) is 3.55. The van der Waals surface area contributed by atoms with Crippen molar-refractivity contribution < 1.29 is 4.79 Å². The lowest BCUT2D eigenvalue weighted by Gasteiger charge is -2.06. The number of nitrogens with zero attached hydrogens (tertiary/aromatic N) is 1. The molecule has 0 aliphatic heterocycles. The first kappa shape index (κ1) is 12.8. The number of rotatable bonds is 3. The van der Waals surface area contributed by atoms with Gasteiger partial charge in [-0.1, -0.05) is 26.0 Å². The fourth-order valence-electron chi connectivity index (χ4n) is 1.60. The van der Waals surface area contributed by atoms with Crippen LogP contribution in [0, 0.1) is 6.92 Å². The molecule has 0 saturated heterocycles. The molecule has 0 bridgehead atoms. The Kier molecular flexibility index (Phi) is 3.77. The van der Waals surface area contributed by atoms with Gasteiger partial charge in [-0.05, 0) is 30.5 Å². The van der Waals surface area contributed by atoms with E-state index in [1.165, 1.54) is 16.9 Å². The van der Waals surface area contributed by atoms with E-state index in [-0.39, 0.29) is 5.91 Å². The highest BCUT2D eigenvalue weighted by Gasteiger charge is 2.08. The van der Waals surface area contributed by atoms with Gasteiger partial charge in [0, 0.05) is 10.9 Å². The second-order valence-corrected chi connectivity index (χ2v) is 5.38. The van der Waals surface area contributed by atoms with Gasteiger partial charge in [0.1, 0.15) is 0 Å². The van der Waals surface area contributed by atoms with E-state index in [0.717, 1.165) is 5.69 Å². The molecule has 94 valence electrons. The highest BCUT2D eigenvalue weighted by atomic mass is 32.1. The molecule has 1 N–H and O–H groups in total. The van der Waals surface area contributed by atoms with Crippen LogP contribution in [-0.2, 0) is 0 Å². The van der Waals surface area contributed by atoms with Crippen molar-refractivity contribution in [3.05, 3.63) is 46.5 Å². The van der Waals surface area contributed by atoms with Crippen molar-refractivity contribution in [2.24, 2.45) is 0 Å². The third-order valence-electron chi connectivity index (χ3n) is 2.68. The molecule has 2 aromatic rings. The number of amides is 1. The van der Waals surface area contributed by atoms with Gasteiger partial charge in [0.05, 0.1) is 5.69 Å². The second kappa shape index (κ2) is 5.31. The van der Waals surface area contributed by atoms with Gasteiger partial charge in [0.25, 0.3) is 5.91 Å². The normalized spacial score (nSPS) is 10.7. The van der Waals surface area contributed by atoms with Crippen molar-refractivity contribution in [2.75, 3.05) is 5.32 Å². The van der Waals surface area contributed by atoms with E-state index in [1.54, 1.807) is 0 Å². The van der Waals surface area contributed by atoms with Crippen LogP contribution in [-0.4, -0.2) is 10.9 Å². The minimum Gasteiger partial charge on any atom is -0.298 e. The summed E-state index contributed by atoms with van der Waals surface area (Å²) in [5.74, 6) is 0.364. The Morgan fingerprint density at radius 3 is 2.44 bits per heavy atom. The molecule has 0 aliphatic rings. The van der Waals surface area contributed by atoms with Gasteiger partial charge < -0.3 is 0 Å². The van der Waals surface area contributed by atoms with Crippen molar-refractivity contribution >= 4 is 22.4 Å². The van der Waals surface area contributed by atoms with Crippen LogP contribution < -0.4 is 5.32 Å². The maximum atomic E-state index is 12.0. The fraction of sp³-hybridized carbons (Fsp3) is 0.286. The number of anilines is 1.